The van der Waals surface area contributed by atoms with Gasteiger partial charge in [0.2, 0.25) is 0 Å². The van der Waals surface area contributed by atoms with Crippen molar-refractivity contribution in [3.05, 3.63) is 179 Å². The van der Waals surface area contributed by atoms with Crippen LogP contribution in [-0.2, 0) is 75.4 Å². The number of carboxylic acid groups (broad SMARTS) is 1. The molecule has 6 fully saturated rings. The SMILES string of the molecule is CC([C@@H]1CC[C@@H](N(CCN)Cc2ccccc2)C(OC2[C@H](O)C(OC3OC[C@](C)(O)[C@H](N(C)Cc4ccccc4)[C@H]3O)C(NCc3ccccc3)C[C@@H]2NCc2ccccc2)O1)N(C)Cc1ccccc1.CC[C@@H]1CC[C@@H](C)C(OC2[C@H](O)C(OC3OC[C@](C)(O)[C@H](N(C)CCC(=O)O)[C@H]3O)[C@H](C)C[C@@H]2C)O1. The Labute approximate surface area is 634 Å². The number of rotatable bonds is 31. The highest BCUT2D eigenvalue weighted by Crippen LogP contribution is 2.41. The summed E-state index contributed by atoms with van der Waals surface area (Å²) in [6.07, 6.45) is -5.38. The van der Waals surface area contributed by atoms with Gasteiger partial charge in [-0.05, 0) is 127 Å². The lowest BCUT2D eigenvalue weighted by Gasteiger charge is -2.52. The van der Waals surface area contributed by atoms with Gasteiger partial charge in [-0.2, -0.15) is 0 Å². The summed E-state index contributed by atoms with van der Waals surface area (Å²) in [7, 11) is 5.69. The van der Waals surface area contributed by atoms with Gasteiger partial charge in [-0.3, -0.25) is 24.4 Å². The number of ether oxygens (including phenoxy) is 8. The average Bonchev–Trinajstić information content (AvgIpc) is 1.04. The number of hydrogen-bond donors (Lipinski definition) is 10. The second kappa shape index (κ2) is 39.8. The third-order valence-corrected chi connectivity index (χ3v) is 23.1. The number of hydrogen-bond acceptors (Lipinski definition) is 22. The van der Waals surface area contributed by atoms with E-state index in [9.17, 15) is 35.4 Å². The molecule has 4 aliphatic heterocycles. The van der Waals surface area contributed by atoms with Crippen molar-refractivity contribution < 1.29 is 78.4 Å². The largest absolute Gasteiger partial charge is 0.481 e. The third kappa shape index (κ3) is 22.5. The highest BCUT2D eigenvalue weighted by atomic mass is 16.7. The molecule has 0 amide bonds. The van der Waals surface area contributed by atoms with E-state index in [1.165, 1.54) is 5.56 Å². The Kier molecular flexibility index (Phi) is 31.3. The second-order valence-electron chi connectivity index (χ2n) is 31.9. The summed E-state index contributed by atoms with van der Waals surface area (Å²) in [6, 6.07) is 48.8. The minimum Gasteiger partial charge on any atom is -0.481 e. The lowest BCUT2D eigenvalue weighted by molar-refractivity contribution is -0.323. The first-order chi connectivity index (χ1) is 51.3. The fourth-order valence-corrected chi connectivity index (χ4v) is 17.1. The van der Waals surface area contributed by atoms with Crippen LogP contribution in [0.15, 0.2) is 152 Å². The lowest BCUT2D eigenvalue weighted by Crippen LogP contribution is -2.69. The maximum absolute atomic E-state index is 13.2. The highest BCUT2D eigenvalue weighted by molar-refractivity contribution is 5.66. The van der Waals surface area contributed by atoms with Crippen LogP contribution in [0.4, 0.5) is 0 Å². The number of carboxylic acids is 1. The normalized spacial score (nSPS) is 35.2. The number of nitrogens with two attached hydrogens (primary N) is 1. The van der Waals surface area contributed by atoms with Gasteiger partial charge in [-0.15, -0.1) is 0 Å². The van der Waals surface area contributed by atoms with E-state index in [1.54, 1.807) is 25.8 Å². The van der Waals surface area contributed by atoms with Crippen LogP contribution >= 0.6 is 0 Å². The number of aliphatic hydroxyl groups is 6. The molecule has 5 aromatic carbocycles. The van der Waals surface area contributed by atoms with Gasteiger partial charge >= 0.3 is 5.97 Å². The molecule has 25 atom stereocenters. The number of aliphatic carboxylic acids is 1. The molecule has 107 heavy (non-hydrogen) atoms. The predicted molar refractivity (Wildman–Crippen MR) is 409 cm³/mol. The van der Waals surface area contributed by atoms with E-state index in [-0.39, 0.29) is 74.3 Å². The van der Waals surface area contributed by atoms with Crippen LogP contribution in [0.5, 0.6) is 0 Å². The molecule has 2 aliphatic carbocycles. The summed E-state index contributed by atoms with van der Waals surface area (Å²) < 4.78 is 52.4. The van der Waals surface area contributed by atoms with Crippen LogP contribution in [0.2, 0.25) is 0 Å². The van der Waals surface area contributed by atoms with Crippen LogP contribution in [0, 0.1) is 17.8 Å². The number of carbonyl (C=O) groups is 1. The molecule has 10 unspecified atom stereocenters. The smallest absolute Gasteiger partial charge is 0.304 e. The monoisotopic (exact) mass is 1490 g/mol. The number of benzene rings is 5. The number of nitrogens with one attached hydrogen (secondary N) is 2. The van der Waals surface area contributed by atoms with E-state index in [0.29, 0.717) is 45.7 Å². The molecule has 4 saturated heterocycles. The minimum atomic E-state index is -1.41. The molecular formula is C84H125N7O16. The first kappa shape index (κ1) is 84.2. The molecule has 11 rings (SSSR count). The van der Waals surface area contributed by atoms with Gasteiger partial charge in [-0.1, -0.05) is 179 Å². The van der Waals surface area contributed by atoms with Gasteiger partial charge in [0.1, 0.15) is 47.8 Å². The molecule has 11 N–H and O–H groups in total. The minimum absolute atomic E-state index is 0.0237. The van der Waals surface area contributed by atoms with Crippen LogP contribution in [0.3, 0.4) is 0 Å². The number of likely N-dealkylation sites (N-methyl/N-ethyl adjacent to an activating group) is 3. The summed E-state index contributed by atoms with van der Waals surface area (Å²) in [5.41, 5.74) is 9.18. The number of nitrogens with zero attached hydrogens (tertiary/aromatic N) is 4. The van der Waals surface area contributed by atoms with Gasteiger partial charge in [-0.25, -0.2) is 0 Å². The second-order valence-corrected chi connectivity index (χ2v) is 31.9. The summed E-state index contributed by atoms with van der Waals surface area (Å²) in [6.45, 7) is 17.7. The third-order valence-electron chi connectivity index (χ3n) is 23.1. The molecule has 592 valence electrons. The van der Waals surface area contributed by atoms with Crippen molar-refractivity contribution in [3.63, 3.8) is 0 Å². The van der Waals surface area contributed by atoms with Crippen LogP contribution in [0.25, 0.3) is 0 Å². The van der Waals surface area contributed by atoms with E-state index >= 15 is 0 Å². The van der Waals surface area contributed by atoms with Crippen molar-refractivity contribution in [2.75, 3.05) is 54.0 Å². The maximum atomic E-state index is 13.2. The Morgan fingerprint density at radius 1 is 0.533 bits per heavy atom. The van der Waals surface area contributed by atoms with Crippen molar-refractivity contribution in [3.8, 4) is 0 Å². The molecule has 4 heterocycles. The quantitative estimate of drug-likeness (QED) is 0.0209. The zero-order chi connectivity index (χ0) is 76.5. The van der Waals surface area contributed by atoms with Gasteiger partial charge < -0.3 is 90.0 Å². The standard InChI is InChI=1S/C58H78N6O7.C26H47NO9/c1-41(62(3)37-44-24-14-7-15-25-44)50-31-30-49(64(33-32-59)39-46-28-18-9-19-29-46)56(69-50)70-53-47(60-35-42-20-10-5-11-21-42)34-48(61-36-43-22-12-6-13-23-43)54(51(53)65)71-57-52(66)55(58(2,67)40-68-57)63(4)38-45-26-16-8-17-27-45;1-7-17-9-8-14(2)24(34-17)35-21-15(3)12-16(4)22(19(21)30)36-25-20(31)23(26(5,32)13-33-25)27(6)11-10-18(28)29/h5-29,41,47-57,60-61,65-67H,30-40,59H2,1-4H3;14-17,19-25,30-32H,7-13H2,1-6H3,(H,28,29)/t41?,47-,48?,49+,50-,51-,52+,53?,54?,55+,56?,57?,58-;14-,15+,16-,17-,19+,20-,21?,22?,23-,24?,25?,26+/m01/s1. The molecule has 23 nitrogen and oxygen atoms in total. The summed E-state index contributed by atoms with van der Waals surface area (Å²) >= 11 is 0. The topological polar surface area (TPSA) is 296 Å². The van der Waals surface area contributed by atoms with Gasteiger partial charge in [0.15, 0.2) is 25.2 Å². The Balaban J connectivity index is 0.000000285. The molecule has 0 radical (unpaired) electrons. The van der Waals surface area contributed by atoms with Gasteiger partial charge in [0.05, 0.1) is 62.2 Å². The van der Waals surface area contributed by atoms with Crippen molar-refractivity contribution in [1.29, 1.82) is 0 Å². The highest BCUT2D eigenvalue weighted by Gasteiger charge is 2.56. The lowest BCUT2D eigenvalue weighted by atomic mass is 9.77. The van der Waals surface area contributed by atoms with Crippen molar-refractivity contribution in [2.45, 2.75) is 266 Å². The molecule has 0 aromatic heterocycles. The maximum Gasteiger partial charge on any atom is 0.304 e. The Bertz CT molecular complexity index is 3380. The van der Waals surface area contributed by atoms with E-state index in [0.717, 1.165) is 67.3 Å². The van der Waals surface area contributed by atoms with Gasteiger partial charge in [0, 0.05) is 76.4 Å². The van der Waals surface area contributed by atoms with Crippen molar-refractivity contribution in [1.82, 2.24) is 30.2 Å². The molecular weight excluding hydrogens is 1360 g/mol. The Morgan fingerprint density at radius 3 is 1.46 bits per heavy atom. The summed E-state index contributed by atoms with van der Waals surface area (Å²) in [5.74, 6) is -0.680. The average molecular weight is 1490 g/mol. The van der Waals surface area contributed by atoms with Gasteiger partial charge in [0.25, 0.3) is 0 Å². The number of aliphatic hydroxyl groups excluding tert-OH is 4. The first-order valence-electron chi connectivity index (χ1n) is 39.1. The molecule has 23 heteroatoms. The Morgan fingerprint density at radius 2 is 0.972 bits per heavy atom. The van der Waals surface area contributed by atoms with E-state index < -0.39 is 109 Å². The van der Waals surface area contributed by atoms with Crippen molar-refractivity contribution in [2.24, 2.45) is 23.5 Å². The fourth-order valence-electron chi connectivity index (χ4n) is 17.1. The zero-order valence-electron chi connectivity index (χ0n) is 64.6. The zero-order valence-corrected chi connectivity index (χ0v) is 64.6. The predicted octanol–water partition coefficient (Wildman–Crippen LogP) is 7.25. The fraction of sp³-hybridized carbons (Fsp3) is 0.631. The van der Waals surface area contributed by atoms with Crippen molar-refractivity contribution >= 4 is 5.97 Å². The molecule has 5 aromatic rings. The van der Waals surface area contributed by atoms with Crippen LogP contribution in [0.1, 0.15) is 128 Å². The van der Waals surface area contributed by atoms with Crippen LogP contribution < -0.4 is 16.4 Å². The van der Waals surface area contributed by atoms with E-state index in [4.69, 9.17) is 48.7 Å². The summed E-state index contributed by atoms with van der Waals surface area (Å²) in [5, 5.41) is 87.2. The molecule has 0 spiro atoms. The molecule has 2 saturated carbocycles. The summed E-state index contributed by atoms with van der Waals surface area (Å²) in [4.78, 5) is 19.3. The van der Waals surface area contributed by atoms with E-state index in [2.05, 4.69) is 128 Å². The molecule has 0 bridgehead atoms. The molecule has 6 aliphatic rings. The first-order valence-corrected chi connectivity index (χ1v) is 39.1. The van der Waals surface area contributed by atoms with Crippen LogP contribution in [-0.4, -0.2) is 249 Å². The van der Waals surface area contributed by atoms with E-state index in [1.807, 2.05) is 97.7 Å². The Hall–Kier alpha value is -5.27.